The van der Waals surface area contributed by atoms with E-state index in [-0.39, 0.29) is 19.0 Å². The molecule has 1 aromatic carbocycles. The smallest absolute Gasteiger partial charge is 0.332 e. The van der Waals surface area contributed by atoms with Crippen LogP contribution in [0.5, 0.6) is 0 Å². The van der Waals surface area contributed by atoms with Crippen LogP contribution in [-0.2, 0) is 11.3 Å². The first-order valence-corrected chi connectivity index (χ1v) is 6.35. The maximum absolute atomic E-state index is 11.8. The second kappa shape index (κ2) is 7.49. The maximum atomic E-state index is 11.8. The normalized spacial score (nSPS) is 11.8. The van der Waals surface area contributed by atoms with Gasteiger partial charge in [-0.05, 0) is 12.5 Å². The molecule has 0 aliphatic rings. The number of amides is 2. The van der Waals surface area contributed by atoms with Crippen molar-refractivity contribution >= 4 is 12.0 Å². The van der Waals surface area contributed by atoms with Crippen LogP contribution >= 0.6 is 0 Å². The van der Waals surface area contributed by atoms with Crippen LogP contribution in [-0.4, -0.2) is 46.8 Å². The van der Waals surface area contributed by atoms with Gasteiger partial charge in [0.15, 0.2) is 6.10 Å². The Hall–Kier alpha value is -2.08. The fraction of sp³-hybridized carbons (Fsp3) is 0.429. The lowest BCUT2D eigenvalue weighted by Gasteiger charge is -2.18. The van der Waals surface area contributed by atoms with Gasteiger partial charge < -0.3 is 20.4 Å². The van der Waals surface area contributed by atoms with Gasteiger partial charge >= 0.3 is 12.0 Å². The number of aliphatic carboxylic acids is 1. The van der Waals surface area contributed by atoms with Crippen molar-refractivity contribution in [3.05, 3.63) is 35.4 Å². The highest BCUT2D eigenvalue weighted by atomic mass is 16.4. The molecule has 3 N–H and O–H groups in total. The first kappa shape index (κ1) is 16.0. The molecule has 0 heterocycles. The summed E-state index contributed by atoms with van der Waals surface area (Å²) in [5.74, 6) is -1.28. The molecule has 1 atom stereocenters. The first-order chi connectivity index (χ1) is 9.40. The van der Waals surface area contributed by atoms with E-state index in [1.807, 2.05) is 31.2 Å². The van der Waals surface area contributed by atoms with Crippen LogP contribution in [0.25, 0.3) is 0 Å². The van der Waals surface area contributed by atoms with E-state index in [2.05, 4.69) is 5.32 Å². The maximum Gasteiger partial charge on any atom is 0.332 e. The van der Waals surface area contributed by atoms with Crippen LogP contribution in [0.3, 0.4) is 0 Å². The summed E-state index contributed by atoms with van der Waals surface area (Å²) >= 11 is 0. The van der Waals surface area contributed by atoms with Gasteiger partial charge in [-0.1, -0.05) is 29.8 Å². The third-order valence-corrected chi connectivity index (χ3v) is 2.87. The summed E-state index contributed by atoms with van der Waals surface area (Å²) in [6, 6.07) is 7.55. The second-order valence-electron chi connectivity index (χ2n) is 4.72. The third-order valence-electron chi connectivity index (χ3n) is 2.87. The molecule has 1 aromatic rings. The SMILES string of the molecule is Cc1ccc(CN(C)C(=O)NCC[C@H](O)C(=O)O)cc1. The van der Waals surface area contributed by atoms with Crippen molar-refractivity contribution in [1.82, 2.24) is 10.2 Å². The lowest BCUT2D eigenvalue weighted by molar-refractivity contribution is -0.146. The molecule has 20 heavy (non-hydrogen) atoms. The van der Waals surface area contributed by atoms with Gasteiger partial charge in [0.05, 0.1) is 0 Å². The average Bonchev–Trinajstić information content (AvgIpc) is 2.40. The zero-order valence-corrected chi connectivity index (χ0v) is 11.7. The molecule has 2 amide bonds. The largest absolute Gasteiger partial charge is 0.479 e. The number of aliphatic hydroxyl groups is 1. The predicted molar refractivity (Wildman–Crippen MR) is 74.3 cm³/mol. The Morgan fingerprint density at radius 1 is 1.30 bits per heavy atom. The zero-order chi connectivity index (χ0) is 15.1. The number of carbonyl (C=O) groups is 2. The molecule has 6 nitrogen and oxygen atoms in total. The van der Waals surface area contributed by atoms with Crippen LogP contribution in [0.2, 0.25) is 0 Å². The minimum atomic E-state index is -1.45. The van der Waals surface area contributed by atoms with Crippen molar-refractivity contribution in [2.24, 2.45) is 0 Å². The van der Waals surface area contributed by atoms with Crippen LogP contribution in [0, 0.1) is 6.92 Å². The Balaban J connectivity index is 2.35. The Labute approximate surface area is 118 Å². The van der Waals surface area contributed by atoms with E-state index in [0.717, 1.165) is 11.1 Å². The van der Waals surface area contributed by atoms with Crippen molar-refractivity contribution in [2.45, 2.75) is 26.0 Å². The number of hydrogen-bond donors (Lipinski definition) is 3. The van der Waals surface area contributed by atoms with Crippen molar-refractivity contribution < 1.29 is 19.8 Å². The summed E-state index contributed by atoms with van der Waals surface area (Å²) in [7, 11) is 1.66. The molecule has 1 rings (SSSR count). The van der Waals surface area contributed by atoms with Crippen molar-refractivity contribution in [2.75, 3.05) is 13.6 Å². The number of aliphatic hydroxyl groups excluding tert-OH is 1. The van der Waals surface area contributed by atoms with E-state index < -0.39 is 12.1 Å². The lowest BCUT2D eigenvalue weighted by atomic mass is 10.1. The second-order valence-corrected chi connectivity index (χ2v) is 4.72. The standard InChI is InChI=1S/C14H20N2O4/c1-10-3-5-11(6-4-10)9-16(2)14(20)15-8-7-12(17)13(18)19/h3-6,12,17H,7-9H2,1-2H3,(H,15,20)(H,18,19)/t12-/m0/s1. The van der Waals surface area contributed by atoms with Crippen LogP contribution in [0.4, 0.5) is 4.79 Å². The van der Waals surface area contributed by atoms with Gasteiger partial charge in [-0.15, -0.1) is 0 Å². The molecule has 0 bridgehead atoms. The summed E-state index contributed by atoms with van der Waals surface area (Å²) in [4.78, 5) is 23.7. The Bertz CT molecular complexity index is 459. The Morgan fingerprint density at radius 3 is 2.45 bits per heavy atom. The number of carbonyl (C=O) groups excluding carboxylic acids is 1. The van der Waals surface area contributed by atoms with E-state index in [1.54, 1.807) is 7.05 Å². The number of benzene rings is 1. The van der Waals surface area contributed by atoms with E-state index >= 15 is 0 Å². The van der Waals surface area contributed by atoms with Crippen LogP contribution < -0.4 is 5.32 Å². The Morgan fingerprint density at radius 2 is 1.90 bits per heavy atom. The molecule has 0 aliphatic heterocycles. The molecular weight excluding hydrogens is 260 g/mol. The molecule has 0 fully saturated rings. The van der Waals surface area contributed by atoms with Crippen LogP contribution in [0.15, 0.2) is 24.3 Å². The van der Waals surface area contributed by atoms with Crippen molar-refractivity contribution in [3.63, 3.8) is 0 Å². The molecular formula is C14H20N2O4. The van der Waals surface area contributed by atoms with E-state index in [4.69, 9.17) is 10.2 Å². The molecule has 0 saturated carbocycles. The van der Waals surface area contributed by atoms with Gasteiger partial charge in [0.25, 0.3) is 0 Å². The van der Waals surface area contributed by atoms with Gasteiger partial charge in [0, 0.05) is 26.6 Å². The number of nitrogens with one attached hydrogen (secondary N) is 1. The summed E-state index contributed by atoms with van der Waals surface area (Å²) in [5.41, 5.74) is 2.17. The fourth-order valence-electron chi connectivity index (χ4n) is 1.61. The average molecular weight is 280 g/mol. The highest BCUT2D eigenvalue weighted by Gasteiger charge is 2.14. The molecule has 0 aromatic heterocycles. The summed E-state index contributed by atoms with van der Waals surface area (Å²) in [6.07, 6.45) is -1.46. The zero-order valence-electron chi connectivity index (χ0n) is 11.7. The predicted octanol–water partition coefficient (Wildman–Crippen LogP) is 0.972. The third kappa shape index (κ3) is 5.27. The molecule has 0 saturated heterocycles. The highest BCUT2D eigenvalue weighted by Crippen LogP contribution is 2.05. The topological polar surface area (TPSA) is 89.9 Å². The minimum absolute atomic E-state index is 0.0144. The lowest BCUT2D eigenvalue weighted by Crippen LogP contribution is -2.38. The number of carboxylic acids is 1. The molecule has 0 unspecified atom stereocenters. The molecule has 0 radical (unpaired) electrons. The minimum Gasteiger partial charge on any atom is -0.479 e. The molecule has 0 spiro atoms. The Kier molecular flexibility index (Phi) is 5.99. The summed E-state index contributed by atoms with van der Waals surface area (Å²) in [5, 5.41) is 20.1. The van der Waals surface area contributed by atoms with Gasteiger partial charge in [-0.25, -0.2) is 9.59 Å². The van der Waals surface area contributed by atoms with Crippen LogP contribution in [0.1, 0.15) is 17.5 Å². The monoisotopic (exact) mass is 280 g/mol. The number of nitrogens with zero attached hydrogens (tertiary/aromatic N) is 1. The molecule has 6 heteroatoms. The van der Waals surface area contributed by atoms with Crippen molar-refractivity contribution in [1.29, 1.82) is 0 Å². The first-order valence-electron chi connectivity index (χ1n) is 6.35. The number of carboxylic acid groups (broad SMARTS) is 1. The van der Waals surface area contributed by atoms with Gasteiger partial charge in [-0.3, -0.25) is 0 Å². The number of urea groups is 1. The number of aryl methyl sites for hydroxylation is 1. The number of hydrogen-bond acceptors (Lipinski definition) is 3. The van der Waals surface area contributed by atoms with Gasteiger partial charge in [0.2, 0.25) is 0 Å². The van der Waals surface area contributed by atoms with Gasteiger partial charge in [-0.2, -0.15) is 0 Å². The van der Waals surface area contributed by atoms with E-state index in [0.29, 0.717) is 6.54 Å². The summed E-state index contributed by atoms with van der Waals surface area (Å²) < 4.78 is 0. The van der Waals surface area contributed by atoms with E-state index in [1.165, 1.54) is 4.90 Å². The highest BCUT2D eigenvalue weighted by molar-refractivity contribution is 5.74. The number of rotatable bonds is 6. The molecule has 0 aliphatic carbocycles. The summed E-state index contributed by atoms with van der Waals surface area (Å²) in [6.45, 7) is 2.58. The van der Waals surface area contributed by atoms with Crippen molar-refractivity contribution in [3.8, 4) is 0 Å². The fourth-order valence-corrected chi connectivity index (χ4v) is 1.61. The quantitative estimate of drug-likeness (QED) is 0.724. The van der Waals surface area contributed by atoms with Gasteiger partial charge in [0.1, 0.15) is 0 Å². The van der Waals surface area contributed by atoms with E-state index in [9.17, 15) is 9.59 Å². The molecule has 110 valence electrons.